The average molecular weight is 247 g/mol. The molecule has 0 saturated heterocycles. The summed E-state index contributed by atoms with van der Waals surface area (Å²) < 4.78 is 2.61. The molecule has 0 spiro atoms. The highest BCUT2D eigenvalue weighted by Gasteiger charge is 2.26. The molecule has 1 aromatic rings. The molecule has 0 bridgehead atoms. The molecule has 3 heteroatoms. The third-order valence-electron chi connectivity index (χ3n) is 4.66. The first-order valence-electron chi connectivity index (χ1n) is 7.59. The molecule has 0 unspecified atom stereocenters. The average Bonchev–Trinajstić information content (AvgIpc) is 2.78. The minimum atomic E-state index is 0.727. The fraction of sp³-hybridized carbons (Fsp3) is 0.800. The first-order valence-corrected chi connectivity index (χ1v) is 7.59. The lowest BCUT2D eigenvalue weighted by Crippen LogP contribution is -2.27. The highest BCUT2D eigenvalue weighted by Crippen LogP contribution is 2.35. The van der Waals surface area contributed by atoms with E-state index >= 15 is 0 Å². The van der Waals surface area contributed by atoms with Crippen LogP contribution in [0.3, 0.4) is 0 Å². The van der Waals surface area contributed by atoms with E-state index in [0.29, 0.717) is 0 Å². The number of aromatic nitrogens is 2. The van der Waals surface area contributed by atoms with E-state index in [4.69, 9.17) is 4.98 Å². The van der Waals surface area contributed by atoms with Crippen molar-refractivity contribution < 1.29 is 0 Å². The molecule has 100 valence electrons. The van der Waals surface area contributed by atoms with Crippen molar-refractivity contribution in [2.75, 3.05) is 6.54 Å². The van der Waals surface area contributed by atoms with Crippen LogP contribution >= 0.6 is 0 Å². The van der Waals surface area contributed by atoms with E-state index in [-0.39, 0.29) is 0 Å². The number of aryl methyl sites for hydroxylation is 1. The van der Waals surface area contributed by atoms with Crippen LogP contribution in [-0.2, 0) is 19.4 Å². The van der Waals surface area contributed by atoms with E-state index in [1.165, 1.54) is 42.9 Å². The zero-order valence-electron chi connectivity index (χ0n) is 11.7. The van der Waals surface area contributed by atoms with Crippen LogP contribution in [0.2, 0.25) is 0 Å². The minimum absolute atomic E-state index is 0.727. The summed E-state index contributed by atoms with van der Waals surface area (Å²) in [5.74, 6) is 2.25. The maximum Gasteiger partial charge on any atom is 0.109 e. The van der Waals surface area contributed by atoms with Gasteiger partial charge in [-0.25, -0.2) is 4.98 Å². The van der Waals surface area contributed by atoms with Crippen LogP contribution in [0.1, 0.15) is 62.8 Å². The number of imidazole rings is 1. The van der Waals surface area contributed by atoms with Gasteiger partial charge in [-0.05, 0) is 31.6 Å². The molecule has 0 amide bonds. The Morgan fingerprint density at radius 2 is 2.06 bits per heavy atom. The standard InChI is InChI=1S/C15H25N3/c1-3-15-17-13-10-16-9-8-14(13)18(15)12-6-4-11(2)5-7-12/h11-12,16H,3-10H2,1-2H3. The van der Waals surface area contributed by atoms with Crippen LogP contribution < -0.4 is 5.32 Å². The van der Waals surface area contributed by atoms with E-state index in [9.17, 15) is 0 Å². The van der Waals surface area contributed by atoms with Crippen molar-refractivity contribution in [2.24, 2.45) is 5.92 Å². The van der Waals surface area contributed by atoms with E-state index in [1.807, 2.05) is 0 Å². The lowest BCUT2D eigenvalue weighted by molar-refractivity contribution is 0.280. The topological polar surface area (TPSA) is 29.9 Å². The lowest BCUT2D eigenvalue weighted by Gasteiger charge is -2.30. The SMILES string of the molecule is CCc1nc2c(n1C1CCC(C)CC1)CCNC2. The predicted octanol–water partition coefficient (Wildman–Crippen LogP) is 2.84. The third-order valence-corrected chi connectivity index (χ3v) is 4.66. The van der Waals surface area contributed by atoms with Crippen molar-refractivity contribution in [2.45, 2.75) is 65.0 Å². The number of nitrogens with zero attached hydrogens (tertiary/aromatic N) is 2. The molecule has 1 saturated carbocycles. The molecule has 0 atom stereocenters. The molecule has 2 heterocycles. The Hall–Kier alpha value is -0.830. The summed E-state index contributed by atoms with van der Waals surface area (Å²) in [5, 5.41) is 3.44. The van der Waals surface area contributed by atoms with E-state index < -0.39 is 0 Å². The van der Waals surface area contributed by atoms with Gasteiger partial charge in [-0.1, -0.05) is 13.8 Å². The van der Waals surface area contributed by atoms with Gasteiger partial charge in [0.15, 0.2) is 0 Å². The zero-order chi connectivity index (χ0) is 12.5. The first kappa shape index (κ1) is 12.2. The summed E-state index contributed by atoms with van der Waals surface area (Å²) in [6, 6.07) is 0.727. The quantitative estimate of drug-likeness (QED) is 0.871. The van der Waals surface area contributed by atoms with Crippen molar-refractivity contribution in [3.8, 4) is 0 Å². The Bertz CT molecular complexity index is 414. The predicted molar refractivity (Wildman–Crippen MR) is 73.7 cm³/mol. The van der Waals surface area contributed by atoms with Gasteiger partial charge in [0.1, 0.15) is 5.82 Å². The molecule has 18 heavy (non-hydrogen) atoms. The van der Waals surface area contributed by atoms with Gasteiger partial charge in [0.25, 0.3) is 0 Å². The molecule has 0 radical (unpaired) electrons. The van der Waals surface area contributed by atoms with E-state index in [1.54, 1.807) is 0 Å². The highest BCUT2D eigenvalue weighted by molar-refractivity contribution is 5.21. The van der Waals surface area contributed by atoms with Gasteiger partial charge in [-0.3, -0.25) is 0 Å². The Balaban J connectivity index is 1.92. The molecule has 1 aliphatic heterocycles. The monoisotopic (exact) mass is 247 g/mol. The number of nitrogens with one attached hydrogen (secondary N) is 1. The molecule has 3 rings (SSSR count). The van der Waals surface area contributed by atoms with Crippen LogP contribution in [0, 0.1) is 5.92 Å². The Labute approximate surface area is 110 Å². The fourth-order valence-corrected chi connectivity index (χ4v) is 3.57. The smallest absolute Gasteiger partial charge is 0.109 e. The molecular weight excluding hydrogens is 222 g/mol. The number of fused-ring (bicyclic) bond motifs is 1. The second kappa shape index (κ2) is 5.04. The van der Waals surface area contributed by atoms with Gasteiger partial charge in [0, 0.05) is 37.7 Å². The summed E-state index contributed by atoms with van der Waals surface area (Å²) in [6.45, 7) is 6.72. The summed E-state index contributed by atoms with van der Waals surface area (Å²) in [4.78, 5) is 4.86. The molecular formula is C15H25N3. The summed E-state index contributed by atoms with van der Waals surface area (Å²) in [7, 11) is 0. The van der Waals surface area contributed by atoms with Gasteiger partial charge in [-0.2, -0.15) is 0 Å². The molecule has 1 aromatic heterocycles. The van der Waals surface area contributed by atoms with Gasteiger partial charge < -0.3 is 9.88 Å². The van der Waals surface area contributed by atoms with Crippen LogP contribution in [0.15, 0.2) is 0 Å². The zero-order valence-corrected chi connectivity index (χ0v) is 11.7. The Kier molecular flexibility index (Phi) is 3.42. The normalized spacial score (nSPS) is 28.1. The van der Waals surface area contributed by atoms with Crippen LogP contribution in [0.25, 0.3) is 0 Å². The van der Waals surface area contributed by atoms with Gasteiger partial charge in [0.05, 0.1) is 5.69 Å². The van der Waals surface area contributed by atoms with Crippen LogP contribution in [0.4, 0.5) is 0 Å². The lowest BCUT2D eigenvalue weighted by atomic mass is 9.87. The highest BCUT2D eigenvalue weighted by atomic mass is 15.1. The van der Waals surface area contributed by atoms with Crippen LogP contribution in [-0.4, -0.2) is 16.1 Å². The molecule has 3 nitrogen and oxygen atoms in total. The molecule has 1 aliphatic carbocycles. The van der Waals surface area contributed by atoms with E-state index in [2.05, 4.69) is 23.7 Å². The number of rotatable bonds is 2. The largest absolute Gasteiger partial charge is 0.329 e. The number of hydrogen-bond donors (Lipinski definition) is 1. The first-order chi connectivity index (χ1) is 8.79. The summed E-state index contributed by atoms with van der Waals surface area (Å²) in [5.41, 5.74) is 2.85. The van der Waals surface area contributed by atoms with Gasteiger partial charge >= 0.3 is 0 Å². The molecule has 0 aromatic carbocycles. The maximum atomic E-state index is 4.86. The van der Waals surface area contributed by atoms with Crippen molar-refractivity contribution in [3.05, 3.63) is 17.2 Å². The second-order valence-corrected chi connectivity index (χ2v) is 5.99. The van der Waals surface area contributed by atoms with Gasteiger partial charge in [-0.15, -0.1) is 0 Å². The van der Waals surface area contributed by atoms with Crippen molar-refractivity contribution in [1.29, 1.82) is 0 Å². The Morgan fingerprint density at radius 1 is 1.28 bits per heavy atom. The molecule has 2 aliphatic rings. The van der Waals surface area contributed by atoms with Crippen LogP contribution in [0.5, 0.6) is 0 Å². The van der Waals surface area contributed by atoms with E-state index in [0.717, 1.165) is 37.9 Å². The van der Waals surface area contributed by atoms with Gasteiger partial charge in [0.2, 0.25) is 0 Å². The maximum absolute atomic E-state index is 4.86. The minimum Gasteiger partial charge on any atom is -0.329 e. The fourth-order valence-electron chi connectivity index (χ4n) is 3.57. The third kappa shape index (κ3) is 2.09. The molecule has 1 N–H and O–H groups in total. The Morgan fingerprint density at radius 3 is 2.78 bits per heavy atom. The second-order valence-electron chi connectivity index (χ2n) is 5.99. The summed E-state index contributed by atoms with van der Waals surface area (Å²) >= 11 is 0. The van der Waals surface area contributed by atoms with Crippen molar-refractivity contribution >= 4 is 0 Å². The number of hydrogen-bond acceptors (Lipinski definition) is 2. The molecule has 1 fully saturated rings. The van der Waals surface area contributed by atoms with Crippen molar-refractivity contribution in [3.63, 3.8) is 0 Å². The summed E-state index contributed by atoms with van der Waals surface area (Å²) in [6.07, 6.45) is 7.71. The van der Waals surface area contributed by atoms with Crippen molar-refractivity contribution in [1.82, 2.24) is 14.9 Å².